The molecule has 0 saturated heterocycles. The van der Waals surface area contributed by atoms with Crippen molar-refractivity contribution < 1.29 is 19.0 Å². The predicted molar refractivity (Wildman–Crippen MR) is 80.9 cm³/mol. The lowest BCUT2D eigenvalue weighted by Gasteiger charge is -2.07. The van der Waals surface area contributed by atoms with E-state index in [4.69, 9.17) is 14.2 Å². The van der Waals surface area contributed by atoms with Crippen molar-refractivity contribution in [3.8, 4) is 11.5 Å². The van der Waals surface area contributed by atoms with E-state index in [0.29, 0.717) is 17.1 Å². The van der Waals surface area contributed by atoms with E-state index in [0.717, 1.165) is 5.69 Å². The molecular weight excluding hydrogens is 284 g/mol. The summed E-state index contributed by atoms with van der Waals surface area (Å²) in [5.41, 5.74) is 1.62. The molecule has 3 rings (SSSR count). The summed E-state index contributed by atoms with van der Waals surface area (Å²) in [5, 5.41) is 0. The average Bonchev–Trinajstić information content (AvgIpc) is 3.17. The third-order valence-electron chi connectivity index (χ3n) is 3.13. The summed E-state index contributed by atoms with van der Waals surface area (Å²) in [6.45, 7) is 0. The van der Waals surface area contributed by atoms with Crippen LogP contribution in [-0.4, -0.2) is 31.1 Å². The summed E-state index contributed by atoms with van der Waals surface area (Å²) < 4.78 is 15.6. The maximum atomic E-state index is 11.9. The normalized spacial score (nSPS) is 15.6. The molecule has 1 aliphatic rings. The molecule has 22 heavy (non-hydrogen) atoms. The molecule has 0 bridgehead atoms. The van der Waals surface area contributed by atoms with Gasteiger partial charge in [-0.2, -0.15) is 0 Å². The van der Waals surface area contributed by atoms with Crippen LogP contribution < -0.4 is 9.47 Å². The van der Waals surface area contributed by atoms with Gasteiger partial charge in [0.15, 0.2) is 5.70 Å². The van der Waals surface area contributed by atoms with Gasteiger partial charge in [0.05, 0.1) is 14.2 Å². The van der Waals surface area contributed by atoms with Gasteiger partial charge in [-0.15, -0.1) is 0 Å². The van der Waals surface area contributed by atoms with E-state index in [2.05, 4.69) is 9.98 Å². The molecule has 0 fully saturated rings. The molecule has 1 aromatic carbocycles. The number of benzene rings is 1. The van der Waals surface area contributed by atoms with Crippen LogP contribution in [0, 0.1) is 0 Å². The first-order chi connectivity index (χ1) is 10.7. The van der Waals surface area contributed by atoms with E-state index in [1.807, 2.05) is 12.1 Å². The molecule has 2 heterocycles. The highest BCUT2D eigenvalue weighted by atomic mass is 16.6. The Labute approximate surface area is 127 Å². The van der Waals surface area contributed by atoms with E-state index >= 15 is 0 Å². The molecule has 6 nitrogen and oxygen atoms in total. The lowest BCUT2D eigenvalue weighted by Crippen LogP contribution is -2.06. The Morgan fingerprint density at radius 3 is 2.50 bits per heavy atom. The highest BCUT2D eigenvalue weighted by molar-refractivity contribution is 6.13. The number of methoxy groups -OCH3 is 2. The molecule has 0 saturated carbocycles. The molecular formula is C16H14N2O4. The monoisotopic (exact) mass is 298 g/mol. The number of hydrogen-bond donors (Lipinski definition) is 1. The number of ether oxygens (including phenoxy) is 3. The van der Waals surface area contributed by atoms with Gasteiger partial charge in [0, 0.05) is 23.5 Å². The quantitative estimate of drug-likeness (QED) is 0.695. The maximum absolute atomic E-state index is 11.9. The summed E-state index contributed by atoms with van der Waals surface area (Å²) in [4.78, 5) is 19.1. The van der Waals surface area contributed by atoms with E-state index in [1.54, 1.807) is 44.7 Å². The zero-order valence-electron chi connectivity index (χ0n) is 12.1. The van der Waals surface area contributed by atoms with Crippen LogP contribution in [-0.2, 0) is 9.53 Å². The standard InChI is InChI=1S/C16H14N2O4/c1-20-12-6-10(7-13(9-12)21-2)15-18-14(16(19)22-15)8-11-4-3-5-17-11/h3-9,17H,1-2H3/b14-8+. The summed E-state index contributed by atoms with van der Waals surface area (Å²) >= 11 is 0. The van der Waals surface area contributed by atoms with Gasteiger partial charge >= 0.3 is 5.97 Å². The number of nitrogens with zero attached hydrogens (tertiary/aromatic N) is 1. The minimum atomic E-state index is -0.494. The fourth-order valence-electron chi connectivity index (χ4n) is 2.04. The maximum Gasteiger partial charge on any atom is 0.363 e. The molecule has 2 aromatic rings. The van der Waals surface area contributed by atoms with Gasteiger partial charge in [-0.3, -0.25) is 0 Å². The minimum absolute atomic E-state index is 0.222. The van der Waals surface area contributed by atoms with E-state index in [9.17, 15) is 4.79 Å². The Bertz CT molecular complexity index is 738. The Kier molecular flexibility index (Phi) is 3.65. The highest BCUT2D eigenvalue weighted by Gasteiger charge is 2.25. The zero-order valence-corrected chi connectivity index (χ0v) is 12.1. The number of aromatic nitrogens is 1. The second-order valence-corrected chi connectivity index (χ2v) is 4.56. The SMILES string of the molecule is COc1cc(OC)cc(C2=N/C(=C/c3ccc[nH]3)C(=O)O2)c1. The number of H-pyrrole nitrogens is 1. The average molecular weight is 298 g/mol. The molecule has 0 amide bonds. The minimum Gasteiger partial charge on any atom is -0.497 e. The van der Waals surface area contributed by atoms with Crippen molar-refractivity contribution in [3.63, 3.8) is 0 Å². The number of carbonyl (C=O) groups excluding carboxylic acids is 1. The number of aromatic amines is 1. The molecule has 1 N–H and O–H groups in total. The third kappa shape index (κ3) is 2.71. The summed E-state index contributed by atoms with van der Waals surface area (Å²) in [7, 11) is 3.11. The first-order valence-electron chi connectivity index (χ1n) is 6.59. The lowest BCUT2D eigenvalue weighted by atomic mass is 10.2. The van der Waals surface area contributed by atoms with Gasteiger partial charge in [-0.1, -0.05) is 0 Å². The molecule has 0 unspecified atom stereocenters. The van der Waals surface area contributed by atoms with Crippen molar-refractivity contribution in [3.05, 3.63) is 53.5 Å². The Morgan fingerprint density at radius 2 is 1.91 bits per heavy atom. The first-order valence-corrected chi connectivity index (χ1v) is 6.59. The molecule has 1 aliphatic heterocycles. The van der Waals surface area contributed by atoms with Crippen LogP contribution in [0.2, 0.25) is 0 Å². The third-order valence-corrected chi connectivity index (χ3v) is 3.13. The molecule has 6 heteroatoms. The molecule has 0 atom stereocenters. The van der Waals surface area contributed by atoms with E-state index in [1.165, 1.54) is 0 Å². The largest absolute Gasteiger partial charge is 0.497 e. The van der Waals surface area contributed by atoms with Crippen LogP contribution in [0.25, 0.3) is 6.08 Å². The summed E-state index contributed by atoms with van der Waals surface area (Å²) in [6, 6.07) is 8.86. The molecule has 0 radical (unpaired) electrons. The van der Waals surface area contributed by atoms with Crippen LogP contribution >= 0.6 is 0 Å². The fourth-order valence-corrected chi connectivity index (χ4v) is 2.04. The topological polar surface area (TPSA) is 72.9 Å². The van der Waals surface area contributed by atoms with Gasteiger partial charge < -0.3 is 19.2 Å². The lowest BCUT2D eigenvalue weighted by molar-refractivity contribution is -0.129. The van der Waals surface area contributed by atoms with Crippen molar-refractivity contribution in [2.24, 2.45) is 4.99 Å². The fraction of sp³-hybridized carbons (Fsp3) is 0.125. The van der Waals surface area contributed by atoms with Crippen molar-refractivity contribution in [2.45, 2.75) is 0 Å². The van der Waals surface area contributed by atoms with Crippen LogP contribution in [0.5, 0.6) is 11.5 Å². The predicted octanol–water partition coefficient (Wildman–Crippen LogP) is 2.38. The van der Waals surface area contributed by atoms with Crippen molar-refractivity contribution in [1.82, 2.24) is 4.98 Å². The second kappa shape index (κ2) is 5.77. The zero-order chi connectivity index (χ0) is 15.5. The number of carbonyl (C=O) groups is 1. The van der Waals surface area contributed by atoms with Gasteiger partial charge in [-0.25, -0.2) is 9.79 Å². The van der Waals surface area contributed by atoms with Crippen molar-refractivity contribution in [1.29, 1.82) is 0 Å². The van der Waals surface area contributed by atoms with Crippen LogP contribution in [0.3, 0.4) is 0 Å². The molecule has 112 valence electrons. The number of cyclic esters (lactones) is 1. The molecule has 1 aromatic heterocycles. The highest BCUT2D eigenvalue weighted by Crippen LogP contribution is 2.26. The Balaban J connectivity index is 1.97. The van der Waals surface area contributed by atoms with E-state index < -0.39 is 5.97 Å². The van der Waals surface area contributed by atoms with Crippen LogP contribution in [0.4, 0.5) is 0 Å². The first kappa shape index (κ1) is 13.9. The second-order valence-electron chi connectivity index (χ2n) is 4.56. The van der Waals surface area contributed by atoms with Crippen LogP contribution in [0.1, 0.15) is 11.3 Å². The summed E-state index contributed by atoms with van der Waals surface area (Å²) in [6.07, 6.45) is 3.40. The Morgan fingerprint density at radius 1 is 1.18 bits per heavy atom. The Hall–Kier alpha value is -3.02. The van der Waals surface area contributed by atoms with Crippen molar-refractivity contribution >= 4 is 17.9 Å². The number of rotatable bonds is 4. The number of esters is 1. The van der Waals surface area contributed by atoms with Gasteiger partial charge in [-0.05, 0) is 30.3 Å². The van der Waals surface area contributed by atoms with Crippen molar-refractivity contribution in [2.75, 3.05) is 14.2 Å². The smallest absolute Gasteiger partial charge is 0.363 e. The molecule has 0 spiro atoms. The van der Waals surface area contributed by atoms with Gasteiger partial charge in [0.1, 0.15) is 11.5 Å². The van der Waals surface area contributed by atoms with Gasteiger partial charge in [0.25, 0.3) is 0 Å². The number of nitrogens with one attached hydrogen (secondary N) is 1. The number of aliphatic imine (C=N–C) groups is 1. The number of hydrogen-bond acceptors (Lipinski definition) is 5. The van der Waals surface area contributed by atoms with E-state index in [-0.39, 0.29) is 11.6 Å². The van der Waals surface area contributed by atoms with Crippen LogP contribution in [0.15, 0.2) is 47.2 Å². The summed E-state index contributed by atoms with van der Waals surface area (Å²) in [5.74, 6) is 0.913. The molecule has 0 aliphatic carbocycles. The van der Waals surface area contributed by atoms with Gasteiger partial charge in [0.2, 0.25) is 5.90 Å².